The first-order valence-corrected chi connectivity index (χ1v) is 9.44. The Morgan fingerprint density at radius 3 is 2.50 bits per heavy atom. The van der Waals surface area contributed by atoms with E-state index in [-0.39, 0.29) is 17.2 Å². The van der Waals surface area contributed by atoms with E-state index in [1.54, 1.807) is 0 Å². The monoisotopic (exact) mass is 295 g/mol. The Balaban J connectivity index is 1.90. The summed E-state index contributed by atoms with van der Waals surface area (Å²) < 4.78 is 26.1. The van der Waals surface area contributed by atoms with Gasteiger partial charge in [-0.3, -0.25) is 4.99 Å². The van der Waals surface area contributed by atoms with Crippen molar-refractivity contribution in [3.63, 3.8) is 0 Å². The van der Waals surface area contributed by atoms with Crippen LogP contribution in [-0.2, 0) is 9.84 Å². The zero-order chi connectivity index (χ0) is 14.5. The Bertz CT molecular complexity index is 547. The van der Waals surface area contributed by atoms with Gasteiger partial charge in [0.1, 0.15) is 5.04 Å². The molecule has 0 aromatic rings. The van der Waals surface area contributed by atoms with Gasteiger partial charge < -0.3 is 0 Å². The first-order valence-electron chi connectivity index (χ1n) is 7.89. The van der Waals surface area contributed by atoms with Crippen molar-refractivity contribution >= 4 is 14.9 Å². The fourth-order valence-corrected chi connectivity index (χ4v) is 6.81. The minimum atomic E-state index is -3.22. The first-order chi connectivity index (χ1) is 9.39. The highest BCUT2D eigenvalue weighted by atomic mass is 32.2. The van der Waals surface area contributed by atoms with Crippen LogP contribution in [0.15, 0.2) is 17.1 Å². The van der Waals surface area contributed by atoms with Gasteiger partial charge in [0.25, 0.3) is 0 Å². The molecule has 3 rings (SSSR count). The molecule has 0 saturated heterocycles. The Morgan fingerprint density at radius 2 is 1.95 bits per heavy atom. The lowest BCUT2D eigenvalue weighted by Crippen LogP contribution is -2.42. The molecule has 112 valence electrons. The van der Waals surface area contributed by atoms with Crippen LogP contribution in [0.1, 0.15) is 46.5 Å². The van der Waals surface area contributed by atoms with Crippen molar-refractivity contribution in [2.75, 3.05) is 0 Å². The second-order valence-electron chi connectivity index (χ2n) is 7.17. The number of hydrogen-bond acceptors (Lipinski definition) is 3. The maximum atomic E-state index is 13.1. The Morgan fingerprint density at radius 1 is 1.20 bits per heavy atom. The largest absolute Gasteiger partial charge is 0.270 e. The summed E-state index contributed by atoms with van der Waals surface area (Å²) in [5, 5.41) is 0.285. The highest BCUT2D eigenvalue weighted by Gasteiger charge is 2.46. The van der Waals surface area contributed by atoms with Gasteiger partial charge in [0.05, 0.1) is 11.3 Å². The average Bonchev–Trinajstić information content (AvgIpc) is 3.00. The summed E-state index contributed by atoms with van der Waals surface area (Å²) in [6, 6.07) is 0.128. The predicted octanol–water partition coefficient (Wildman–Crippen LogP) is 3.22. The SMILES string of the molecule is CC(C)[C@@H]1CC[C@@H](C)C[C@H]1S(=O)(=O)C1=N[C@H]2C=C[C@@H]1C2. The van der Waals surface area contributed by atoms with E-state index >= 15 is 0 Å². The molecule has 1 aliphatic heterocycles. The third-order valence-corrected chi connectivity index (χ3v) is 7.65. The zero-order valence-electron chi connectivity index (χ0n) is 12.6. The third-order valence-electron chi connectivity index (χ3n) is 5.32. The first kappa shape index (κ1) is 14.3. The third kappa shape index (κ3) is 2.26. The van der Waals surface area contributed by atoms with E-state index in [9.17, 15) is 8.42 Å². The van der Waals surface area contributed by atoms with E-state index in [0.717, 1.165) is 25.7 Å². The minimum Gasteiger partial charge on any atom is -0.270 e. The molecule has 1 fully saturated rings. The Labute approximate surface area is 122 Å². The van der Waals surface area contributed by atoms with Gasteiger partial charge in [0, 0.05) is 5.92 Å². The molecule has 4 heteroatoms. The summed E-state index contributed by atoms with van der Waals surface area (Å²) in [6.07, 6.45) is 7.98. The summed E-state index contributed by atoms with van der Waals surface area (Å²) in [6.45, 7) is 6.50. The molecule has 2 aliphatic carbocycles. The number of aliphatic imine (C=N–C) groups is 1. The number of rotatable bonds is 2. The fourth-order valence-electron chi connectivity index (χ4n) is 4.13. The molecule has 0 N–H and O–H groups in total. The standard InChI is InChI=1S/C16H25NO2S/c1-10(2)14-7-4-11(3)8-15(14)20(18,19)16-12-5-6-13(9-12)17-16/h5-6,10-15H,4,7-9H2,1-3H3/t11-,12-,13+,14+,15-/m1/s1. The molecule has 0 unspecified atom stereocenters. The number of sulfone groups is 1. The van der Waals surface area contributed by atoms with Gasteiger partial charge in [0.15, 0.2) is 9.84 Å². The Kier molecular flexibility index (Phi) is 3.56. The number of fused-ring (bicyclic) bond motifs is 2. The van der Waals surface area contributed by atoms with E-state index in [2.05, 4.69) is 25.8 Å². The van der Waals surface area contributed by atoms with Gasteiger partial charge in [-0.1, -0.05) is 39.3 Å². The Hall–Kier alpha value is -0.640. The van der Waals surface area contributed by atoms with Crippen LogP contribution in [0, 0.1) is 23.7 Å². The minimum absolute atomic E-state index is 0.0649. The zero-order valence-corrected chi connectivity index (χ0v) is 13.4. The number of dihydropyridines is 1. The molecular weight excluding hydrogens is 270 g/mol. The second-order valence-corrected chi connectivity index (χ2v) is 9.29. The van der Waals surface area contributed by atoms with Crippen molar-refractivity contribution in [3.8, 4) is 0 Å². The van der Waals surface area contributed by atoms with Crippen LogP contribution in [0.4, 0.5) is 0 Å². The normalized spacial score (nSPS) is 40.4. The quantitative estimate of drug-likeness (QED) is 0.734. The molecule has 0 aromatic heterocycles. The van der Waals surface area contributed by atoms with Crippen LogP contribution < -0.4 is 0 Å². The van der Waals surface area contributed by atoms with Crippen LogP contribution >= 0.6 is 0 Å². The van der Waals surface area contributed by atoms with Crippen molar-refractivity contribution in [1.82, 2.24) is 0 Å². The molecule has 0 aromatic carbocycles. The van der Waals surface area contributed by atoms with Crippen molar-refractivity contribution in [2.24, 2.45) is 28.7 Å². The van der Waals surface area contributed by atoms with Crippen LogP contribution in [0.5, 0.6) is 0 Å². The second kappa shape index (κ2) is 4.97. The van der Waals surface area contributed by atoms with Crippen LogP contribution in [0.25, 0.3) is 0 Å². The maximum Gasteiger partial charge on any atom is 0.194 e. The van der Waals surface area contributed by atoms with Crippen molar-refractivity contribution in [2.45, 2.75) is 57.7 Å². The molecule has 0 spiro atoms. The summed E-state index contributed by atoms with van der Waals surface area (Å²) in [4.78, 5) is 4.46. The van der Waals surface area contributed by atoms with Gasteiger partial charge in [-0.25, -0.2) is 8.42 Å². The van der Waals surface area contributed by atoms with Crippen LogP contribution in [0.2, 0.25) is 0 Å². The maximum absolute atomic E-state index is 13.1. The average molecular weight is 295 g/mol. The van der Waals surface area contributed by atoms with E-state index < -0.39 is 9.84 Å². The molecule has 0 amide bonds. The van der Waals surface area contributed by atoms with E-state index in [0.29, 0.717) is 22.8 Å². The number of nitrogens with zero attached hydrogens (tertiary/aromatic N) is 1. The van der Waals surface area contributed by atoms with Crippen LogP contribution in [-0.4, -0.2) is 24.8 Å². The number of hydrogen-bond donors (Lipinski definition) is 0. The van der Waals surface area contributed by atoms with Crippen molar-refractivity contribution in [3.05, 3.63) is 12.2 Å². The van der Waals surface area contributed by atoms with Gasteiger partial charge in [-0.15, -0.1) is 0 Å². The lowest BCUT2D eigenvalue weighted by atomic mass is 9.77. The molecule has 2 bridgehead atoms. The topological polar surface area (TPSA) is 46.5 Å². The summed E-state index contributed by atoms with van der Waals surface area (Å²) in [5.41, 5.74) is 0. The highest BCUT2D eigenvalue weighted by Crippen LogP contribution is 2.41. The summed E-state index contributed by atoms with van der Waals surface area (Å²) in [5.74, 6) is 1.30. The molecule has 3 nitrogen and oxygen atoms in total. The molecule has 5 atom stereocenters. The molecule has 3 aliphatic rings. The molecule has 20 heavy (non-hydrogen) atoms. The fraction of sp³-hybridized carbons (Fsp3) is 0.812. The van der Waals surface area contributed by atoms with Gasteiger partial charge in [-0.2, -0.15) is 0 Å². The molecule has 0 radical (unpaired) electrons. The summed E-state index contributed by atoms with van der Waals surface area (Å²) >= 11 is 0. The number of allylic oxidation sites excluding steroid dienone is 1. The lowest BCUT2D eigenvalue weighted by molar-refractivity contribution is 0.238. The van der Waals surface area contributed by atoms with Gasteiger partial charge in [-0.05, 0) is 37.0 Å². The molecular formula is C16H25NO2S. The van der Waals surface area contributed by atoms with Crippen molar-refractivity contribution < 1.29 is 8.42 Å². The van der Waals surface area contributed by atoms with E-state index in [1.807, 2.05) is 12.2 Å². The van der Waals surface area contributed by atoms with E-state index in [1.165, 1.54) is 0 Å². The lowest BCUT2D eigenvalue weighted by Gasteiger charge is -2.37. The van der Waals surface area contributed by atoms with Gasteiger partial charge >= 0.3 is 0 Å². The van der Waals surface area contributed by atoms with Crippen LogP contribution in [0.3, 0.4) is 0 Å². The highest BCUT2D eigenvalue weighted by molar-refractivity contribution is 8.07. The van der Waals surface area contributed by atoms with Gasteiger partial charge in [0.2, 0.25) is 0 Å². The smallest absolute Gasteiger partial charge is 0.194 e. The summed E-state index contributed by atoms with van der Waals surface area (Å²) in [7, 11) is -3.22. The predicted molar refractivity (Wildman–Crippen MR) is 82.5 cm³/mol. The van der Waals surface area contributed by atoms with E-state index in [4.69, 9.17) is 0 Å². The molecule has 1 heterocycles. The van der Waals surface area contributed by atoms with Crippen molar-refractivity contribution in [1.29, 1.82) is 0 Å². The molecule has 1 saturated carbocycles.